The van der Waals surface area contributed by atoms with Crippen LogP contribution < -0.4 is 10.6 Å². The van der Waals surface area contributed by atoms with Crippen molar-refractivity contribution in [2.24, 2.45) is 0 Å². The van der Waals surface area contributed by atoms with Gasteiger partial charge in [0.2, 0.25) is 5.91 Å². The highest BCUT2D eigenvalue weighted by atomic mass is 16.2. The van der Waals surface area contributed by atoms with E-state index >= 15 is 0 Å². The largest absolute Gasteiger partial charge is 0.335 e. The van der Waals surface area contributed by atoms with Crippen LogP contribution in [0.3, 0.4) is 0 Å². The number of imidazole rings is 1. The highest BCUT2D eigenvalue weighted by molar-refractivity contribution is 6.00. The van der Waals surface area contributed by atoms with E-state index in [2.05, 4.69) is 20.2 Å². The maximum Gasteiger partial charge on any atom is 0.322 e. The van der Waals surface area contributed by atoms with Crippen LogP contribution in [0.1, 0.15) is 37.1 Å². The number of benzene rings is 1. The second-order valence-corrected chi connectivity index (χ2v) is 7.33. The van der Waals surface area contributed by atoms with Gasteiger partial charge < -0.3 is 20.1 Å². The van der Waals surface area contributed by atoms with Crippen molar-refractivity contribution in [1.82, 2.24) is 14.5 Å². The van der Waals surface area contributed by atoms with Crippen molar-refractivity contribution in [2.75, 3.05) is 17.2 Å². The van der Waals surface area contributed by atoms with Gasteiger partial charge in [-0.15, -0.1) is 0 Å². The molecule has 0 spiro atoms. The molecule has 1 fully saturated rings. The van der Waals surface area contributed by atoms with Gasteiger partial charge in [-0.05, 0) is 56.4 Å². The summed E-state index contributed by atoms with van der Waals surface area (Å²) in [6.45, 7) is 3.65. The third-order valence-electron chi connectivity index (χ3n) is 5.50. The van der Waals surface area contributed by atoms with Crippen molar-refractivity contribution in [3.63, 3.8) is 0 Å². The SMILES string of the molecule is Cc1nccn1CCC1CCCCN1C(=O)Nc1ccc2c(c1)CC(=O)N2. The lowest BCUT2D eigenvalue weighted by Crippen LogP contribution is -2.46. The van der Waals surface area contributed by atoms with Crippen LogP contribution in [0.25, 0.3) is 0 Å². The molecule has 1 aromatic carbocycles. The Balaban J connectivity index is 1.41. The summed E-state index contributed by atoms with van der Waals surface area (Å²) in [4.78, 5) is 30.6. The van der Waals surface area contributed by atoms with Gasteiger partial charge in [-0.3, -0.25) is 4.79 Å². The molecule has 1 atom stereocenters. The number of aromatic nitrogens is 2. The first kappa shape index (κ1) is 17.6. The van der Waals surface area contributed by atoms with Gasteiger partial charge in [0.05, 0.1) is 6.42 Å². The average molecular weight is 367 g/mol. The fourth-order valence-corrected chi connectivity index (χ4v) is 4.00. The number of rotatable bonds is 4. The number of amides is 3. The number of piperidine rings is 1. The molecule has 2 aromatic rings. The second kappa shape index (κ2) is 7.42. The third kappa shape index (κ3) is 3.82. The highest BCUT2D eigenvalue weighted by Gasteiger charge is 2.27. The smallest absolute Gasteiger partial charge is 0.322 e. The zero-order valence-electron chi connectivity index (χ0n) is 15.6. The summed E-state index contributed by atoms with van der Waals surface area (Å²) < 4.78 is 2.13. The van der Waals surface area contributed by atoms with Crippen LogP contribution in [0.5, 0.6) is 0 Å². The maximum atomic E-state index is 12.9. The van der Waals surface area contributed by atoms with Crippen molar-refractivity contribution in [2.45, 2.75) is 51.6 Å². The fourth-order valence-electron chi connectivity index (χ4n) is 4.00. The van der Waals surface area contributed by atoms with Crippen molar-refractivity contribution < 1.29 is 9.59 Å². The van der Waals surface area contributed by atoms with E-state index in [9.17, 15) is 9.59 Å². The molecule has 2 aliphatic rings. The minimum atomic E-state index is -0.0562. The highest BCUT2D eigenvalue weighted by Crippen LogP contribution is 2.27. The molecule has 7 nitrogen and oxygen atoms in total. The number of urea groups is 1. The molecule has 0 radical (unpaired) electrons. The van der Waals surface area contributed by atoms with E-state index in [0.717, 1.165) is 61.5 Å². The number of carbonyl (C=O) groups excluding carboxylic acids is 2. The Labute approximate surface area is 158 Å². The van der Waals surface area contributed by atoms with Gasteiger partial charge in [-0.2, -0.15) is 0 Å². The fraction of sp³-hybridized carbons (Fsp3) is 0.450. The topological polar surface area (TPSA) is 79.3 Å². The minimum Gasteiger partial charge on any atom is -0.335 e. The number of aryl methyl sites for hydroxylation is 2. The van der Waals surface area contributed by atoms with Crippen LogP contribution in [0, 0.1) is 6.92 Å². The van der Waals surface area contributed by atoms with E-state index in [0.29, 0.717) is 6.42 Å². The Kier molecular flexibility index (Phi) is 4.83. The van der Waals surface area contributed by atoms with Crippen LogP contribution in [0.2, 0.25) is 0 Å². The quantitative estimate of drug-likeness (QED) is 0.871. The van der Waals surface area contributed by atoms with Crippen molar-refractivity contribution >= 4 is 23.3 Å². The van der Waals surface area contributed by atoms with Crippen LogP contribution in [0.15, 0.2) is 30.6 Å². The molecule has 0 saturated carbocycles. The van der Waals surface area contributed by atoms with Crippen LogP contribution in [0.4, 0.5) is 16.2 Å². The molecule has 142 valence electrons. The summed E-state index contributed by atoms with van der Waals surface area (Å²) >= 11 is 0. The van der Waals surface area contributed by atoms with E-state index < -0.39 is 0 Å². The number of anilines is 2. The van der Waals surface area contributed by atoms with Gasteiger partial charge in [0.1, 0.15) is 5.82 Å². The van der Waals surface area contributed by atoms with Crippen LogP contribution in [-0.2, 0) is 17.8 Å². The Morgan fingerprint density at radius 1 is 1.37 bits per heavy atom. The number of fused-ring (bicyclic) bond motifs is 1. The maximum absolute atomic E-state index is 12.9. The molecule has 1 unspecified atom stereocenters. The van der Waals surface area contributed by atoms with Gasteiger partial charge in [-0.25, -0.2) is 9.78 Å². The summed E-state index contributed by atoms with van der Waals surface area (Å²) in [5, 5.41) is 5.83. The van der Waals surface area contributed by atoms with E-state index in [-0.39, 0.29) is 18.0 Å². The summed E-state index contributed by atoms with van der Waals surface area (Å²) in [5.74, 6) is 1.00. The van der Waals surface area contributed by atoms with E-state index in [1.165, 1.54) is 0 Å². The zero-order valence-corrected chi connectivity index (χ0v) is 15.6. The van der Waals surface area contributed by atoms with Gasteiger partial charge >= 0.3 is 6.03 Å². The molecule has 3 amide bonds. The summed E-state index contributed by atoms with van der Waals surface area (Å²) in [7, 11) is 0. The number of nitrogens with zero attached hydrogens (tertiary/aromatic N) is 3. The Morgan fingerprint density at radius 2 is 2.26 bits per heavy atom. The van der Waals surface area contributed by atoms with Crippen molar-refractivity contribution in [3.8, 4) is 0 Å². The summed E-state index contributed by atoms with van der Waals surface area (Å²) in [6, 6.07) is 5.76. The first-order chi connectivity index (χ1) is 13.1. The third-order valence-corrected chi connectivity index (χ3v) is 5.50. The zero-order chi connectivity index (χ0) is 18.8. The molecule has 7 heteroatoms. The van der Waals surface area contributed by atoms with Gasteiger partial charge in [0.15, 0.2) is 0 Å². The average Bonchev–Trinajstić information content (AvgIpc) is 3.24. The number of hydrogen-bond donors (Lipinski definition) is 2. The number of carbonyl (C=O) groups is 2. The summed E-state index contributed by atoms with van der Waals surface area (Å²) in [6.07, 6.45) is 8.32. The Morgan fingerprint density at radius 3 is 3.07 bits per heavy atom. The van der Waals surface area contributed by atoms with Crippen molar-refractivity contribution in [1.29, 1.82) is 0 Å². The molecule has 2 aliphatic heterocycles. The second-order valence-electron chi connectivity index (χ2n) is 7.33. The van der Waals surface area contributed by atoms with E-state index in [4.69, 9.17) is 0 Å². The van der Waals surface area contributed by atoms with E-state index in [1.807, 2.05) is 42.4 Å². The van der Waals surface area contributed by atoms with Crippen LogP contribution >= 0.6 is 0 Å². The lowest BCUT2D eigenvalue weighted by molar-refractivity contribution is -0.115. The van der Waals surface area contributed by atoms with E-state index in [1.54, 1.807) is 0 Å². The lowest BCUT2D eigenvalue weighted by atomic mass is 9.99. The molecule has 1 saturated heterocycles. The molecular formula is C20H25N5O2. The molecule has 1 aromatic heterocycles. The Hall–Kier alpha value is -2.83. The molecular weight excluding hydrogens is 342 g/mol. The molecule has 3 heterocycles. The molecule has 0 aliphatic carbocycles. The first-order valence-corrected chi connectivity index (χ1v) is 9.58. The first-order valence-electron chi connectivity index (χ1n) is 9.58. The number of nitrogens with one attached hydrogen (secondary N) is 2. The standard InChI is InChI=1S/C20H25N5O2/c1-14-21-8-11-24(14)10-7-17-4-2-3-9-25(17)20(27)22-16-5-6-18-15(12-16)13-19(26)23-18/h5-6,8,11-12,17H,2-4,7,9-10,13H2,1H3,(H,22,27)(H,23,26). The molecule has 4 rings (SSSR count). The summed E-state index contributed by atoms with van der Waals surface area (Å²) in [5.41, 5.74) is 2.51. The molecule has 0 bridgehead atoms. The number of hydrogen-bond acceptors (Lipinski definition) is 3. The minimum absolute atomic E-state index is 0.000587. The lowest BCUT2D eigenvalue weighted by Gasteiger charge is -2.36. The Bertz CT molecular complexity index is 860. The van der Waals surface area contributed by atoms with Gasteiger partial charge in [0, 0.05) is 42.9 Å². The predicted molar refractivity (Wildman–Crippen MR) is 104 cm³/mol. The van der Waals surface area contributed by atoms with Crippen LogP contribution in [-0.4, -0.2) is 39.0 Å². The molecule has 2 N–H and O–H groups in total. The van der Waals surface area contributed by atoms with Crippen molar-refractivity contribution in [3.05, 3.63) is 42.0 Å². The normalized spacial score (nSPS) is 18.9. The number of likely N-dealkylation sites (tertiary alicyclic amines) is 1. The van der Waals surface area contributed by atoms with Gasteiger partial charge in [-0.1, -0.05) is 0 Å². The predicted octanol–water partition coefficient (Wildman–Crippen LogP) is 3.16. The monoisotopic (exact) mass is 367 g/mol. The molecule has 27 heavy (non-hydrogen) atoms. The van der Waals surface area contributed by atoms with Gasteiger partial charge in [0.25, 0.3) is 0 Å².